The van der Waals surface area contributed by atoms with Gasteiger partial charge in [-0.05, 0) is 120 Å². The van der Waals surface area contributed by atoms with Crippen LogP contribution in [0.25, 0.3) is 21.8 Å². The number of hydroxylamine groups is 1. The Kier molecular flexibility index (Phi) is 12.1. The number of benzene rings is 4. The van der Waals surface area contributed by atoms with Crippen LogP contribution in [0.2, 0.25) is 0 Å². The normalized spacial score (nSPS) is 20.0. The van der Waals surface area contributed by atoms with E-state index in [1.54, 1.807) is 5.48 Å². The molecule has 2 aliphatic rings. The maximum absolute atomic E-state index is 12.4. The van der Waals surface area contributed by atoms with Crippen LogP contribution >= 0.6 is 0 Å². The first-order valence-corrected chi connectivity index (χ1v) is 20.4. The van der Waals surface area contributed by atoms with Gasteiger partial charge in [0.25, 0.3) is 0 Å². The molecule has 0 spiro atoms. The first-order chi connectivity index (χ1) is 29.2. The lowest BCUT2D eigenvalue weighted by atomic mass is 9.95. The fourth-order valence-corrected chi connectivity index (χ4v) is 7.92. The highest BCUT2D eigenvalue weighted by molar-refractivity contribution is 5.84. The molecule has 2 N–H and O–H groups in total. The molecule has 6 aromatic rings. The van der Waals surface area contributed by atoms with E-state index in [4.69, 9.17) is 19.4 Å². The Hall–Kier alpha value is -6.82. The number of aromatic nitrogens is 2. The van der Waals surface area contributed by atoms with E-state index in [2.05, 4.69) is 34.2 Å². The van der Waals surface area contributed by atoms with E-state index >= 15 is 0 Å². The molecule has 2 aliphatic carbocycles. The van der Waals surface area contributed by atoms with Crippen molar-refractivity contribution < 1.29 is 29.0 Å². The third-order valence-electron chi connectivity index (χ3n) is 11.2. The minimum atomic E-state index is -0.733. The van der Waals surface area contributed by atoms with Crippen molar-refractivity contribution in [2.24, 2.45) is 22.7 Å². The Morgan fingerprint density at radius 1 is 0.705 bits per heavy atom. The molecule has 2 aromatic heterocycles. The van der Waals surface area contributed by atoms with Crippen LogP contribution in [0, 0.1) is 59.2 Å². The first kappa shape index (κ1) is 42.3. The van der Waals surface area contributed by atoms with Crippen molar-refractivity contribution in [2.75, 3.05) is 0 Å². The van der Waals surface area contributed by atoms with Crippen molar-refractivity contribution in [1.82, 2.24) is 15.4 Å². The highest BCUT2D eigenvalue weighted by atomic mass is 16.6. The number of nitrogens with one attached hydrogen (secondary N) is 1. The number of amides is 1. The molecule has 0 saturated heterocycles. The van der Waals surface area contributed by atoms with Gasteiger partial charge in [0.15, 0.2) is 0 Å². The molecule has 0 radical (unpaired) electrons. The minimum Gasteiger partial charge on any atom is -0.489 e. The number of ether oxygens (including phenoxy) is 3. The van der Waals surface area contributed by atoms with Crippen LogP contribution in [-0.2, 0) is 40.4 Å². The molecular formula is C50H49N5O6. The van der Waals surface area contributed by atoms with Gasteiger partial charge in [-0.2, -0.15) is 10.5 Å². The van der Waals surface area contributed by atoms with Gasteiger partial charge in [0.05, 0.1) is 45.8 Å². The topological polar surface area (TPSA) is 167 Å². The monoisotopic (exact) mass is 815 g/mol. The van der Waals surface area contributed by atoms with Crippen LogP contribution in [0.15, 0.2) is 109 Å². The molecule has 2 fully saturated rings. The number of carbonyl (C=O) groups excluding carboxylic acids is 2. The van der Waals surface area contributed by atoms with Crippen LogP contribution in [0.5, 0.6) is 11.5 Å². The lowest BCUT2D eigenvalue weighted by molar-refractivity contribution is -0.157. The summed E-state index contributed by atoms with van der Waals surface area (Å²) in [5.74, 6) is -0.0932. The number of rotatable bonds is 12. The molecule has 8 rings (SSSR count). The second kappa shape index (κ2) is 17.4. The zero-order chi connectivity index (χ0) is 43.4. The van der Waals surface area contributed by atoms with Crippen molar-refractivity contribution in [3.05, 3.63) is 143 Å². The largest absolute Gasteiger partial charge is 0.489 e. The molecule has 4 atom stereocenters. The molecule has 2 saturated carbocycles. The SMILES string of the molecule is Cc1cc(COc2ccc(C[C@]3(C#N)CC3C(=O)NO)cc2)c2ccccc2n1.Cc1cc(COc2ccc(C[C@]3(C#N)CC3C(=O)OC(C)(C)C)cc2)c2ccccc2n1. The molecule has 4 aromatic carbocycles. The number of nitrogens with zero attached hydrogens (tertiary/aromatic N) is 4. The number of aryl methyl sites for hydroxylation is 2. The van der Waals surface area contributed by atoms with E-state index in [1.165, 1.54) is 0 Å². The molecule has 11 heteroatoms. The number of para-hydroxylation sites is 2. The summed E-state index contributed by atoms with van der Waals surface area (Å²) >= 11 is 0. The summed E-state index contributed by atoms with van der Waals surface area (Å²) in [5.41, 5.74) is 7.67. The van der Waals surface area contributed by atoms with Crippen molar-refractivity contribution in [3.8, 4) is 23.6 Å². The van der Waals surface area contributed by atoms with Crippen LogP contribution in [0.1, 0.15) is 67.3 Å². The van der Waals surface area contributed by atoms with E-state index in [-0.39, 0.29) is 11.9 Å². The molecule has 11 nitrogen and oxygen atoms in total. The van der Waals surface area contributed by atoms with Gasteiger partial charge in [0.2, 0.25) is 5.91 Å². The lowest BCUT2D eigenvalue weighted by Crippen LogP contribution is -2.26. The average Bonchev–Trinajstić information content (AvgIpc) is 4.17. The fourth-order valence-electron chi connectivity index (χ4n) is 7.92. The predicted molar refractivity (Wildman–Crippen MR) is 230 cm³/mol. The van der Waals surface area contributed by atoms with E-state index in [9.17, 15) is 20.1 Å². The number of carbonyl (C=O) groups is 2. The molecule has 0 aliphatic heterocycles. The Bertz CT molecular complexity index is 2660. The van der Waals surface area contributed by atoms with E-state index in [0.717, 1.165) is 66.9 Å². The fraction of sp³-hybridized carbons (Fsp3) is 0.320. The van der Waals surface area contributed by atoms with Crippen LogP contribution in [0.4, 0.5) is 0 Å². The summed E-state index contributed by atoms with van der Waals surface area (Å²) in [6, 6.07) is 40.1. The van der Waals surface area contributed by atoms with Gasteiger partial charge < -0.3 is 14.2 Å². The number of nitriles is 2. The zero-order valence-corrected chi connectivity index (χ0v) is 35.1. The second-order valence-electron chi connectivity index (χ2n) is 17.2. The molecule has 0 bridgehead atoms. The third-order valence-corrected chi connectivity index (χ3v) is 11.2. The summed E-state index contributed by atoms with van der Waals surface area (Å²) in [6.07, 6.45) is 2.01. The van der Waals surface area contributed by atoms with Gasteiger partial charge in [0, 0.05) is 33.3 Å². The number of pyridine rings is 2. The smallest absolute Gasteiger partial charge is 0.311 e. The second-order valence-corrected chi connectivity index (χ2v) is 17.2. The van der Waals surface area contributed by atoms with Crippen LogP contribution < -0.4 is 15.0 Å². The maximum Gasteiger partial charge on any atom is 0.311 e. The summed E-state index contributed by atoms with van der Waals surface area (Å²) in [5, 5.41) is 30.1. The number of esters is 1. The summed E-state index contributed by atoms with van der Waals surface area (Å²) in [4.78, 5) is 33.1. The van der Waals surface area contributed by atoms with Gasteiger partial charge in [-0.25, -0.2) is 5.48 Å². The van der Waals surface area contributed by atoms with Gasteiger partial charge in [-0.3, -0.25) is 24.8 Å². The molecule has 2 unspecified atom stereocenters. The van der Waals surface area contributed by atoms with Crippen molar-refractivity contribution in [2.45, 2.75) is 79.1 Å². The minimum absolute atomic E-state index is 0.279. The Morgan fingerprint density at radius 2 is 1.13 bits per heavy atom. The first-order valence-electron chi connectivity index (χ1n) is 20.4. The third kappa shape index (κ3) is 9.97. The number of fused-ring (bicyclic) bond motifs is 2. The maximum atomic E-state index is 12.4. The molecule has 2 heterocycles. The Morgan fingerprint density at radius 3 is 1.56 bits per heavy atom. The van der Waals surface area contributed by atoms with Crippen LogP contribution in [0.3, 0.4) is 0 Å². The summed E-state index contributed by atoms with van der Waals surface area (Å²) < 4.78 is 17.5. The van der Waals surface area contributed by atoms with E-state index in [1.807, 2.05) is 132 Å². The van der Waals surface area contributed by atoms with Gasteiger partial charge >= 0.3 is 5.97 Å². The lowest BCUT2D eigenvalue weighted by Gasteiger charge is -2.20. The summed E-state index contributed by atoms with van der Waals surface area (Å²) in [7, 11) is 0. The predicted octanol–water partition coefficient (Wildman–Crippen LogP) is 9.24. The van der Waals surface area contributed by atoms with Crippen LogP contribution in [-0.4, -0.2) is 32.7 Å². The summed E-state index contributed by atoms with van der Waals surface area (Å²) in [6.45, 7) is 10.4. The van der Waals surface area contributed by atoms with Gasteiger partial charge in [0.1, 0.15) is 30.3 Å². The van der Waals surface area contributed by atoms with Crippen molar-refractivity contribution >= 4 is 33.7 Å². The highest BCUT2D eigenvalue weighted by Gasteiger charge is 2.60. The van der Waals surface area contributed by atoms with Crippen molar-refractivity contribution in [1.29, 1.82) is 10.5 Å². The molecule has 61 heavy (non-hydrogen) atoms. The van der Waals surface area contributed by atoms with Crippen molar-refractivity contribution in [3.63, 3.8) is 0 Å². The average molecular weight is 816 g/mol. The molecule has 1 amide bonds. The Labute approximate surface area is 355 Å². The standard InChI is InChI=1S/C27H28N2O3.C23H21N3O3/c1-18-13-20(22-7-5-6-8-24(22)29-18)16-31-21-11-9-19(10-12-21)14-27(17-28)15-23(27)25(30)32-26(2,3)4;1-15-10-17(19-4-2-3-5-21(19)25-15)13-29-18-8-6-16(7-9-18)11-23(14-24)12-20(23)22(27)26-28/h5-13,23H,14-16H2,1-4H3;2-10,20,28H,11-13H2,1H3,(H,26,27)/t23?,27-;20?,23-/m11/s1. The molecular weight excluding hydrogens is 767 g/mol. The number of hydrogen-bond acceptors (Lipinski definition) is 10. The van der Waals surface area contributed by atoms with Gasteiger partial charge in [-0.1, -0.05) is 60.7 Å². The zero-order valence-electron chi connectivity index (χ0n) is 35.1. The molecule has 310 valence electrons. The van der Waals surface area contributed by atoms with E-state index in [0.29, 0.717) is 38.9 Å². The Balaban J connectivity index is 0.000000185. The van der Waals surface area contributed by atoms with Gasteiger partial charge in [-0.15, -0.1) is 0 Å². The van der Waals surface area contributed by atoms with E-state index < -0.39 is 28.3 Å². The highest BCUT2D eigenvalue weighted by Crippen LogP contribution is 2.56. The quantitative estimate of drug-likeness (QED) is 0.0690. The number of hydrogen-bond donors (Lipinski definition) is 2.